The van der Waals surface area contributed by atoms with Crippen molar-refractivity contribution in [1.82, 2.24) is 20.9 Å². The smallest absolute Gasteiger partial charge is 0.326 e. The van der Waals surface area contributed by atoms with Crippen LogP contribution in [0.1, 0.15) is 18.4 Å². The third-order valence-corrected chi connectivity index (χ3v) is 6.40. The van der Waals surface area contributed by atoms with Gasteiger partial charge in [-0.3, -0.25) is 19.4 Å². The number of aromatic amines is 1. The van der Waals surface area contributed by atoms with Crippen molar-refractivity contribution in [3.8, 4) is 0 Å². The van der Waals surface area contributed by atoms with E-state index in [0.717, 1.165) is 10.9 Å². The van der Waals surface area contributed by atoms with Crippen LogP contribution in [0.3, 0.4) is 0 Å². The molecule has 0 bridgehead atoms. The van der Waals surface area contributed by atoms with Gasteiger partial charge in [0.25, 0.3) is 0 Å². The van der Waals surface area contributed by atoms with Crippen molar-refractivity contribution in [3.63, 3.8) is 0 Å². The molecule has 2 aromatic rings. The number of hydrogen-bond acceptors (Lipinski definition) is 8. The zero-order chi connectivity index (χ0) is 28.2. The highest BCUT2D eigenvalue weighted by atomic mass is 32.1. The van der Waals surface area contributed by atoms with Crippen LogP contribution in [-0.2, 0) is 25.6 Å². The molecule has 1 heterocycles. The number of nitrogens with one attached hydrogen (secondary N) is 4. The van der Waals surface area contributed by atoms with Crippen molar-refractivity contribution >= 4 is 65.8 Å². The summed E-state index contributed by atoms with van der Waals surface area (Å²) < 4.78 is 0. The number of carbonyl (C=O) groups is 4. The first-order chi connectivity index (χ1) is 18.1. The van der Waals surface area contributed by atoms with Crippen molar-refractivity contribution in [2.45, 2.75) is 43.4 Å². The number of nitrogens with zero attached hydrogens (tertiary/aromatic N) is 1. The Balaban J connectivity index is 2.09. The van der Waals surface area contributed by atoms with Gasteiger partial charge in [-0.2, -0.15) is 25.3 Å². The van der Waals surface area contributed by atoms with E-state index in [1.807, 2.05) is 24.3 Å². The fourth-order valence-corrected chi connectivity index (χ4v) is 4.02. The number of carbonyl (C=O) groups excluding carboxylic acids is 3. The van der Waals surface area contributed by atoms with Gasteiger partial charge in [0.1, 0.15) is 18.1 Å². The Hall–Kier alpha value is -3.43. The number of aliphatic imine (C=N–C) groups is 1. The number of amides is 3. The zero-order valence-electron chi connectivity index (χ0n) is 20.6. The largest absolute Gasteiger partial charge is 0.480 e. The SMILES string of the molecule is NC(N)=NCCCC(NC(=O)C(N)CS)C(=O)NC(CS)C(=O)NC(Cc1c[nH]c2ccccc12)C(=O)O. The molecule has 0 aliphatic rings. The van der Waals surface area contributed by atoms with Crippen molar-refractivity contribution in [2.75, 3.05) is 18.1 Å². The first kappa shape index (κ1) is 30.8. The molecule has 0 fully saturated rings. The van der Waals surface area contributed by atoms with E-state index in [1.54, 1.807) is 6.20 Å². The van der Waals surface area contributed by atoms with Gasteiger partial charge in [-0.05, 0) is 24.5 Å². The van der Waals surface area contributed by atoms with Crippen LogP contribution >= 0.6 is 25.3 Å². The summed E-state index contributed by atoms with van der Waals surface area (Å²) in [5, 5.41) is 18.1. The van der Waals surface area contributed by atoms with Gasteiger partial charge < -0.3 is 43.2 Å². The van der Waals surface area contributed by atoms with Crippen molar-refractivity contribution in [1.29, 1.82) is 0 Å². The third kappa shape index (κ3) is 9.15. The number of thiol groups is 2. The minimum Gasteiger partial charge on any atom is -0.480 e. The van der Waals surface area contributed by atoms with E-state index in [9.17, 15) is 24.3 Å². The molecular formula is C23H34N8O5S2. The van der Waals surface area contributed by atoms with Gasteiger partial charge in [-0.25, -0.2) is 4.79 Å². The maximum Gasteiger partial charge on any atom is 0.326 e. The van der Waals surface area contributed by atoms with Gasteiger partial charge in [0.05, 0.1) is 6.04 Å². The van der Waals surface area contributed by atoms with Crippen LogP contribution < -0.4 is 33.2 Å². The fourth-order valence-electron chi connectivity index (χ4n) is 3.59. The number of guanidine groups is 1. The molecule has 4 atom stereocenters. The van der Waals surface area contributed by atoms with Gasteiger partial charge in [-0.15, -0.1) is 0 Å². The van der Waals surface area contributed by atoms with E-state index in [1.165, 1.54) is 0 Å². The molecule has 0 spiro atoms. The summed E-state index contributed by atoms with van der Waals surface area (Å²) in [6, 6.07) is 2.94. The van der Waals surface area contributed by atoms with E-state index < -0.39 is 47.9 Å². The summed E-state index contributed by atoms with van der Waals surface area (Å²) in [4.78, 5) is 57.1. The molecule has 4 unspecified atom stereocenters. The van der Waals surface area contributed by atoms with Crippen LogP contribution in [0.5, 0.6) is 0 Å². The first-order valence-electron chi connectivity index (χ1n) is 11.8. The molecule has 0 aliphatic carbocycles. The molecule has 0 radical (unpaired) electrons. The number of hydrogen-bond donors (Lipinski definition) is 10. The maximum atomic E-state index is 13.0. The number of H-pyrrole nitrogens is 1. The van der Waals surface area contributed by atoms with Gasteiger partial charge in [0.2, 0.25) is 17.7 Å². The second-order valence-electron chi connectivity index (χ2n) is 8.51. The summed E-state index contributed by atoms with van der Waals surface area (Å²) in [5.74, 6) is -3.42. The van der Waals surface area contributed by atoms with Crippen LogP contribution in [0.15, 0.2) is 35.5 Å². The first-order valence-corrected chi connectivity index (χ1v) is 13.0. The molecule has 13 nitrogen and oxygen atoms in total. The molecule has 15 heteroatoms. The number of aromatic nitrogens is 1. The van der Waals surface area contributed by atoms with E-state index in [2.05, 4.69) is 51.2 Å². The van der Waals surface area contributed by atoms with Crippen LogP contribution in [0, 0.1) is 0 Å². The van der Waals surface area contributed by atoms with Gasteiger partial charge in [0, 0.05) is 41.6 Å². The molecule has 0 aliphatic heterocycles. The third-order valence-electron chi connectivity index (χ3n) is 5.64. The molecule has 3 amide bonds. The van der Waals surface area contributed by atoms with Crippen molar-refractivity contribution < 1.29 is 24.3 Å². The highest BCUT2D eigenvalue weighted by Gasteiger charge is 2.30. The standard InChI is InChI=1S/C23H34N8O5S2/c24-14(10-37)19(32)29-16(6-3-7-27-23(25)26)20(33)31-18(11-38)21(34)30-17(22(35)36)8-12-9-28-15-5-2-1-4-13(12)15/h1-2,4-5,9,14,16-18,28,37-38H,3,6-8,10-11,24H2,(H,29,32)(H,30,34)(H,31,33)(H,35,36)(H4,25,26,27). The molecule has 0 saturated heterocycles. The monoisotopic (exact) mass is 566 g/mol. The van der Waals surface area contributed by atoms with Crippen molar-refractivity contribution in [2.24, 2.45) is 22.2 Å². The number of benzene rings is 1. The van der Waals surface area contributed by atoms with Crippen LogP contribution in [-0.4, -0.2) is 82.0 Å². The molecule has 0 saturated carbocycles. The average molecular weight is 567 g/mol. The summed E-state index contributed by atoms with van der Waals surface area (Å²) in [6.07, 6.45) is 2.20. The molecule has 1 aromatic heterocycles. The van der Waals surface area contributed by atoms with E-state index in [0.29, 0.717) is 12.0 Å². The van der Waals surface area contributed by atoms with Crippen LogP contribution in [0.4, 0.5) is 0 Å². The Kier molecular flexibility index (Phi) is 12.2. The average Bonchev–Trinajstić information content (AvgIpc) is 3.30. The number of aliphatic carboxylic acids is 1. The topological polar surface area (TPSA) is 231 Å². The summed E-state index contributed by atoms with van der Waals surface area (Å²) in [5.41, 5.74) is 17.9. The number of nitrogens with two attached hydrogens (primary N) is 3. The summed E-state index contributed by atoms with van der Waals surface area (Å²) >= 11 is 8.13. The lowest BCUT2D eigenvalue weighted by Gasteiger charge is -2.24. The Morgan fingerprint density at radius 3 is 2.21 bits per heavy atom. The van der Waals surface area contributed by atoms with Crippen molar-refractivity contribution in [3.05, 3.63) is 36.0 Å². The minimum atomic E-state index is -1.26. The molecule has 38 heavy (non-hydrogen) atoms. The van der Waals surface area contributed by atoms with E-state index in [-0.39, 0.29) is 36.9 Å². The normalized spacial score (nSPS) is 14.1. The maximum absolute atomic E-state index is 13.0. The van der Waals surface area contributed by atoms with Gasteiger partial charge in [0.15, 0.2) is 5.96 Å². The number of fused-ring (bicyclic) bond motifs is 1. The fraction of sp³-hybridized carbons (Fsp3) is 0.435. The van der Waals surface area contributed by atoms with Gasteiger partial charge >= 0.3 is 5.97 Å². The molecule has 208 valence electrons. The predicted octanol–water partition coefficient (Wildman–Crippen LogP) is -1.51. The van der Waals surface area contributed by atoms with E-state index >= 15 is 0 Å². The second-order valence-corrected chi connectivity index (χ2v) is 9.24. The quantitative estimate of drug-likeness (QED) is 0.0526. The summed E-state index contributed by atoms with van der Waals surface area (Å²) in [7, 11) is 0. The Bertz CT molecular complexity index is 1150. The highest BCUT2D eigenvalue weighted by Crippen LogP contribution is 2.19. The Labute approximate surface area is 230 Å². The zero-order valence-corrected chi connectivity index (χ0v) is 22.4. The van der Waals surface area contributed by atoms with Crippen LogP contribution in [0.25, 0.3) is 10.9 Å². The minimum absolute atomic E-state index is 0.0173. The number of carboxylic acids is 1. The van der Waals surface area contributed by atoms with Crippen LogP contribution in [0.2, 0.25) is 0 Å². The lowest BCUT2D eigenvalue weighted by atomic mass is 10.0. The van der Waals surface area contributed by atoms with Gasteiger partial charge in [-0.1, -0.05) is 18.2 Å². The molecule has 11 N–H and O–H groups in total. The number of carboxylic acid groups (broad SMARTS) is 1. The lowest BCUT2D eigenvalue weighted by molar-refractivity contribution is -0.142. The summed E-state index contributed by atoms with van der Waals surface area (Å²) in [6.45, 7) is 0.214. The second kappa shape index (κ2) is 15.1. The molecular weight excluding hydrogens is 532 g/mol. The Morgan fingerprint density at radius 2 is 1.58 bits per heavy atom. The number of rotatable bonds is 15. The highest BCUT2D eigenvalue weighted by molar-refractivity contribution is 7.80. The predicted molar refractivity (Wildman–Crippen MR) is 151 cm³/mol. The lowest BCUT2D eigenvalue weighted by Crippen LogP contribution is -2.58. The van der Waals surface area contributed by atoms with E-state index in [4.69, 9.17) is 17.2 Å². The molecule has 2 rings (SSSR count). The molecule has 1 aromatic carbocycles. The number of para-hydroxylation sites is 1. The Morgan fingerprint density at radius 1 is 0.947 bits per heavy atom.